The number of pyridine rings is 1. The molecule has 0 fully saturated rings. The van der Waals surface area contributed by atoms with Crippen LogP contribution in [0.25, 0.3) is 10.9 Å². The second-order valence-corrected chi connectivity index (χ2v) is 7.04. The number of hydrogen-bond acceptors (Lipinski definition) is 6. The summed E-state index contributed by atoms with van der Waals surface area (Å²) in [5.74, 6) is 0.831. The summed E-state index contributed by atoms with van der Waals surface area (Å²) in [6.07, 6.45) is 5.10. The van der Waals surface area contributed by atoms with Crippen LogP contribution in [0.4, 0.5) is 5.69 Å². The number of hydrogen-bond donors (Lipinski definition) is 1. The van der Waals surface area contributed by atoms with Gasteiger partial charge in [-0.05, 0) is 48.0 Å². The van der Waals surface area contributed by atoms with Gasteiger partial charge in [-0.2, -0.15) is 0 Å². The van der Waals surface area contributed by atoms with E-state index in [4.69, 9.17) is 26.3 Å². The van der Waals surface area contributed by atoms with Crippen molar-refractivity contribution in [3.63, 3.8) is 0 Å². The van der Waals surface area contributed by atoms with Crippen molar-refractivity contribution >= 4 is 28.2 Å². The van der Waals surface area contributed by atoms with Gasteiger partial charge in [-0.15, -0.1) is 10.5 Å². The molecule has 31 heavy (non-hydrogen) atoms. The number of halogens is 1. The molecule has 0 amide bonds. The normalized spacial score (nSPS) is 11.2. The maximum Gasteiger partial charge on any atom is 0.292 e. The second kappa shape index (κ2) is 9.04. The number of benzene rings is 3. The molecule has 1 atom stereocenters. The number of ether oxygens (including phenoxy) is 2. The number of nitrogens with zero attached hydrogens (tertiary/aromatic N) is 3. The van der Waals surface area contributed by atoms with E-state index in [1.807, 2.05) is 36.4 Å². The average molecular weight is 427 g/mol. The van der Waals surface area contributed by atoms with Gasteiger partial charge in [-0.25, -0.2) is 0 Å². The van der Waals surface area contributed by atoms with E-state index in [1.165, 1.54) is 0 Å². The Bertz CT molecular complexity index is 1290. The summed E-state index contributed by atoms with van der Waals surface area (Å²) < 4.78 is 10.2. The van der Waals surface area contributed by atoms with Crippen molar-refractivity contribution in [3.8, 4) is 24.0 Å². The molecule has 6 nitrogen and oxygen atoms in total. The zero-order valence-electron chi connectivity index (χ0n) is 16.1. The van der Waals surface area contributed by atoms with E-state index in [-0.39, 0.29) is 6.04 Å². The minimum absolute atomic E-state index is 0.366. The predicted octanol–water partition coefficient (Wildman–Crippen LogP) is 5.81. The highest BCUT2D eigenvalue weighted by molar-refractivity contribution is 6.30. The van der Waals surface area contributed by atoms with Crippen molar-refractivity contribution in [2.45, 2.75) is 6.04 Å². The standard InChI is InChI=1S/C24H15ClN4O2/c25-18-6-3-17(4-7-18)22(29-19-8-10-20(11-9-19)30-14-26)21-12-5-16-2-1-13-28-23(16)24(21)31-15-27/h1-13,22,29H. The third-order valence-electron chi connectivity index (χ3n) is 4.75. The van der Waals surface area contributed by atoms with Crippen LogP contribution in [0.1, 0.15) is 17.2 Å². The molecule has 7 heteroatoms. The molecule has 0 aliphatic carbocycles. The molecule has 1 N–H and O–H groups in total. The monoisotopic (exact) mass is 426 g/mol. The highest BCUT2D eigenvalue weighted by atomic mass is 35.5. The lowest BCUT2D eigenvalue weighted by Gasteiger charge is -2.23. The summed E-state index contributed by atoms with van der Waals surface area (Å²) >= 11 is 6.09. The third-order valence-corrected chi connectivity index (χ3v) is 5.00. The molecule has 0 radical (unpaired) electrons. The molecule has 1 unspecified atom stereocenters. The number of anilines is 1. The van der Waals surface area contributed by atoms with E-state index >= 15 is 0 Å². The van der Waals surface area contributed by atoms with Crippen molar-refractivity contribution in [2.75, 3.05) is 5.32 Å². The van der Waals surface area contributed by atoms with Crippen LogP contribution in [0.3, 0.4) is 0 Å². The molecule has 4 rings (SSSR count). The Kier molecular flexibility index (Phi) is 5.84. The zero-order valence-corrected chi connectivity index (χ0v) is 16.9. The first-order valence-corrected chi connectivity index (χ1v) is 9.69. The van der Waals surface area contributed by atoms with Crippen LogP contribution in [-0.4, -0.2) is 4.98 Å². The first kappa shape index (κ1) is 20.0. The summed E-state index contributed by atoms with van der Waals surface area (Å²) in [7, 11) is 0. The number of aromatic nitrogens is 1. The Hall–Kier alpha value is -4.26. The topological polar surface area (TPSA) is 91.0 Å². The van der Waals surface area contributed by atoms with Crippen LogP contribution in [-0.2, 0) is 0 Å². The number of rotatable bonds is 6. The molecule has 0 aliphatic rings. The van der Waals surface area contributed by atoms with Crippen molar-refractivity contribution in [1.29, 1.82) is 10.5 Å². The maximum absolute atomic E-state index is 9.29. The van der Waals surface area contributed by atoms with Gasteiger partial charge in [0.05, 0.1) is 6.04 Å². The molecule has 1 aromatic heterocycles. The van der Waals surface area contributed by atoms with Crippen LogP contribution in [0.2, 0.25) is 5.02 Å². The van der Waals surface area contributed by atoms with E-state index in [1.54, 1.807) is 55.1 Å². The van der Waals surface area contributed by atoms with Crippen LogP contribution >= 0.6 is 11.6 Å². The highest BCUT2D eigenvalue weighted by Gasteiger charge is 2.22. The predicted molar refractivity (Wildman–Crippen MR) is 118 cm³/mol. The van der Waals surface area contributed by atoms with Gasteiger partial charge in [0.1, 0.15) is 11.3 Å². The van der Waals surface area contributed by atoms with E-state index in [0.29, 0.717) is 22.0 Å². The van der Waals surface area contributed by atoms with Gasteiger partial charge in [0.25, 0.3) is 12.5 Å². The van der Waals surface area contributed by atoms with Crippen LogP contribution in [0.5, 0.6) is 11.5 Å². The third kappa shape index (κ3) is 4.35. The summed E-state index contributed by atoms with van der Waals surface area (Å²) in [6, 6.07) is 21.7. The lowest BCUT2D eigenvalue weighted by atomic mass is 9.96. The fourth-order valence-corrected chi connectivity index (χ4v) is 3.47. The number of fused-ring (bicyclic) bond motifs is 1. The lowest BCUT2D eigenvalue weighted by molar-refractivity contribution is 0.503. The molecular weight excluding hydrogens is 412 g/mol. The van der Waals surface area contributed by atoms with Gasteiger partial charge in [0.15, 0.2) is 5.75 Å². The Morgan fingerprint density at radius 3 is 2.32 bits per heavy atom. The Balaban J connectivity index is 1.83. The summed E-state index contributed by atoms with van der Waals surface area (Å²) in [5.41, 5.74) is 3.04. The molecule has 0 saturated carbocycles. The zero-order chi connectivity index (χ0) is 21.6. The summed E-state index contributed by atoms with van der Waals surface area (Å²) in [5, 5.41) is 22.9. The van der Waals surface area contributed by atoms with E-state index < -0.39 is 0 Å². The lowest BCUT2D eigenvalue weighted by Crippen LogP contribution is -2.14. The molecular formula is C24H15ClN4O2. The second-order valence-electron chi connectivity index (χ2n) is 6.60. The van der Waals surface area contributed by atoms with Crippen LogP contribution in [0.15, 0.2) is 79.0 Å². The first-order chi connectivity index (χ1) is 15.2. The van der Waals surface area contributed by atoms with E-state index in [2.05, 4.69) is 10.3 Å². The number of nitriles is 2. The molecule has 0 saturated heterocycles. The molecule has 0 aliphatic heterocycles. The van der Waals surface area contributed by atoms with Gasteiger partial charge in [0.2, 0.25) is 0 Å². The molecule has 3 aromatic carbocycles. The van der Waals surface area contributed by atoms with Gasteiger partial charge in [-0.3, -0.25) is 4.98 Å². The average Bonchev–Trinajstić information content (AvgIpc) is 2.80. The van der Waals surface area contributed by atoms with Gasteiger partial charge >= 0.3 is 0 Å². The number of nitrogens with one attached hydrogen (secondary N) is 1. The van der Waals surface area contributed by atoms with Gasteiger partial charge in [-0.1, -0.05) is 41.9 Å². The van der Waals surface area contributed by atoms with Gasteiger partial charge < -0.3 is 14.8 Å². The Labute approximate surface area is 183 Å². The van der Waals surface area contributed by atoms with Crippen molar-refractivity contribution < 1.29 is 9.47 Å². The SMILES string of the molecule is N#COc1ccc(NC(c2ccc(Cl)cc2)c2ccc3cccnc3c2OC#N)cc1. The molecule has 4 aromatic rings. The molecule has 1 heterocycles. The quantitative estimate of drug-likeness (QED) is 0.391. The smallest absolute Gasteiger partial charge is 0.292 e. The Morgan fingerprint density at radius 1 is 0.871 bits per heavy atom. The molecule has 0 spiro atoms. The van der Waals surface area contributed by atoms with Crippen molar-refractivity contribution in [1.82, 2.24) is 4.98 Å². The van der Waals surface area contributed by atoms with E-state index in [9.17, 15) is 5.26 Å². The van der Waals surface area contributed by atoms with E-state index in [0.717, 1.165) is 22.2 Å². The van der Waals surface area contributed by atoms with Crippen molar-refractivity contribution in [2.24, 2.45) is 0 Å². The van der Waals surface area contributed by atoms with Crippen LogP contribution < -0.4 is 14.8 Å². The summed E-state index contributed by atoms with van der Waals surface area (Å²) in [6.45, 7) is 0. The largest absolute Gasteiger partial charge is 0.388 e. The van der Waals surface area contributed by atoms with Crippen LogP contribution in [0, 0.1) is 23.0 Å². The minimum atomic E-state index is -0.366. The molecule has 0 bridgehead atoms. The fraction of sp³-hybridized carbons (Fsp3) is 0.0417. The maximum atomic E-state index is 9.29. The van der Waals surface area contributed by atoms with Gasteiger partial charge in [0, 0.05) is 27.9 Å². The summed E-state index contributed by atoms with van der Waals surface area (Å²) in [4.78, 5) is 4.42. The highest BCUT2D eigenvalue weighted by Crippen LogP contribution is 2.37. The fourth-order valence-electron chi connectivity index (χ4n) is 3.35. The first-order valence-electron chi connectivity index (χ1n) is 9.31. The molecule has 150 valence electrons. The van der Waals surface area contributed by atoms with Crippen molar-refractivity contribution in [3.05, 3.63) is 95.1 Å². The minimum Gasteiger partial charge on any atom is -0.388 e. The Morgan fingerprint density at radius 2 is 1.61 bits per heavy atom.